The highest BCUT2D eigenvalue weighted by atomic mass is 19.1. The van der Waals surface area contributed by atoms with Crippen LogP contribution in [0.5, 0.6) is 0 Å². The fraction of sp³-hybridized carbons (Fsp3) is 0.118. The molecule has 0 aliphatic carbocycles. The second-order valence-corrected chi connectivity index (χ2v) is 5.14. The van der Waals surface area contributed by atoms with E-state index in [9.17, 15) is 4.39 Å². The Hall–Kier alpha value is -2.62. The lowest BCUT2D eigenvalue weighted by Gasteiger charge is -2.10. The molecule has 1 heterocycles. The summed E-state index contributed by atoms with van der Waals surface area (Å²) in [7, 11) is 0. The van der Waals surface area contributed by atoms with Crippen LogP contribution in [-0.4, -0.2) is 10.2 Å². The summed E-state index contributed by atoms with van der Waals surface area (Å²) in [5.74, 6) is 0.0822. The average molecular weight is 281 g/mol. The fourth-order valence-electron chi connectivity index (χ4n) is 2.68. The molecule has 0 aliphatic heterocycles. The minimum Gasteiger partial charge on any atom is -0.382 e. The summed E-state index contributed by atoms with van der Waals surface area (Å²) in [5.41, 5.74) is 11.6. The zero-order valence-corrected chi connectivity index (χ0v) is 11.9. The van der Waals surface area contributed by atoms with Gasteiger partial charge in [-0.15, -0.1) is 0 Å². The summed E-state index contributed by atoms with van der Waals surface area (Å²) in [6.07, 6.45) is 0. The van der Waals surface area contributed by atoms with Gasteiger partial charge in [0.15, 0.2) is 5.82 Å². The number of H-pyrrole nitrogens is 1. The molecule has 0 saturated carbocycles. The van der Waals surface area contributed by atoms with Crippen molar-refractivity contribution in [2.75, 3.05) is 5.73 Å². The zero-order chi connectivity index (χ0) is 15.0. The van der Waals surface area contributed by atoms with Crippen molar-refractivity contribution < 1.29 is 4.39 Å². The molecular weight excluding hydrogens is 265 g/mol. The summed E-state index contributed by atoms with van der Waals surface area (Å²) < 4.78 is 13.5. The molecule has 0 fully saturated rings. The molecule has 3 aromatic rings. The number of rotatable bonds is 2. The largest absolute Gasteiger partial charge is 0.382 e. The van der Waals surface area contributed by atoms with Crippen LogP contribution in [0.25, 0.3) is 22.4 Å². The van der Waals surface area contributed by atoms with Gasteiger partial charge in [-0.05, 0) is 42.7 Å². The van der Waals surface area contributed by atoms with Gasteiger partial charge in [0.2, 0.25) is 0 Å². The molecule has 0 unspecified atom stereocenters. The predicted octanol–water partition coefficient (Wildman–Crippen LogP) is 4.08. The Labute approximate surface area is 122 Å². The number of halogens is 1. The summed E-state index contributed by atoms with van der Waals surface area (Å²) >= 11 is 0. The first-order chi connectivity index (χ1) is 10.1. The number of benzene rings is 2. The van der Waals surface area contributed by atoms with E-state index in [0.29, 0.717) is 5.82 Å². The number of nitrogen functional groups attached to an aromatic ring is 1. The first kappa shape index (κ1) is 13.4. The van der Waals surface area contributed by atoms with Gasteiger partial charge in [-0.3, -0.25) is 5.10 Å². The van der Waals surface area contributed by atoms with Crippen LogP contribution in [0.15, 0.2) is 42.5 Å². The number of aromatic nitrogens is 2. The van der Waals surface area contributed by atoms with E-state index >= 15 is 0 Å². The Balaban J connectivity index is 2.27. The van der Waals surface area contributed by atoms with E-state index in [4.69, 9.17) is 5.73 Å². The second-order valence-electron chi connectivity index (χ2n) is 5.14. The van der Waals surface area contributed by atoms with Crippen LogP contribution in [0, 0.1) is 19.7 Å². The molecule has 0 bridgehead atoms. The fourth-order valence-corrected chi connectivity index (χ4v) is 2.68. The van der Waals surface area contributed by atoms with Gasteiger partial charge in [-0.1, -0.05) is 30.3 Å². The summed E-state index contributed by atoms with van der Waals surface area (Å²) in [6, 6.07) is 12.5. The molecule has 0 amide bonds. The van der Waals surface area contributed by atoms with E-state index in [1.165, 1.54) is 12.1 Å². The maximum absolute atomic E-state index is 13.5. The van der Waals surface area contributed by atoms with E-state index in [2.05, 4.69) is 10.2 Å². The topological polar surface area (TPSA) is 54.7 Å². The molecule has 1 aromatic heterocycles. The van der Waals surface area contributed by atoms with Gasteiger partial charge in [0, 0.05) is 5.56 Å². The highest BCUT2D eigenvalue weighted by molar-refractivity contribution is 5.89. The highest BCUT2D eigenvalue weighted by Crippen LogP contribution is 2.37. The summed E-state index contributed by atoms with van der Waals surface area (Å²) in [5, 5.41) is 7.10. The average Bonchev–Trinajstić information content (AvgIpc) is 2.80. The normalized spacial score (nSPS) is 10.8. The predicted molar refractivity (Wildman–Crippen MR) is 83.3 cm³/mol. The van der Waals surface area contributed by atoms with Gasteiger partial charge in [0.1, 0.15) is 5.82 Å². The van der Waals surface area contributed by atoms with E-state index in [0.717, 1.165) is 33.5 Å². The van der Waals surface area contributed by atoms with Crippen molar-refractivity contribution in [3.05, 3.63) is 59.4 Å². The lowest BCUT2D eigenvalue weighted by Crippen LogP contribution is -1.92. The van der Waals surface area contributed by atoms with Crippen molar-refractivity contribution in [1.82, 2.24) is 10.2 Å². The van der Waals surface area contributed by atoms with Gasteiger partial charge < -0.3 is 5.73 Å². The molecule has 3 rings (SSSR count). The Morgan fingerprint density at radius 1 is 1.00 bits per heavy atom. The maximum Gasteiger partial charge on any atom is 0.153 e. The van der Waals surface area contributed by atoms with Crippen molar-refractivity contribution in [3.8, 4) is 22.4 Å². The van der Waals surface area contributed by atoms with Crippen molar-refractivity contribution in [3.63, 3.8) is 0 Å². The molecule has 2 aromatic carbocycles. The lowest BCUT2D eigenvalue weighted by molar-refractivity contribution is 0.628. The molecule has 0 saturated heterocycles. The molecule has 0 spiro atoms. The van der Waals surface area contributed by atoms with Crippen LogP contribution < -0.4 is 5.73 Å². The molecule has 0 radical (unpaired) electrons. The maximum atomic E-state index is 13.5. The SMILES string of the molecule is Cc1cccc(C)c1-c1[nH]nc(N)c1-c1cccc(F)c1. The molecule has 3 nitrogen and oxygen atoms in total. The van der Waals surface area contributed by atoms with Gasteiger partial charge in [-0.2, -0.15) is 5.10 Å². The van der Waals surface area contributed by atoms with Gasteiger partial charge in [-0.25, -0.2) is 4.39 Å². The third kappa shape index (κ3) is 2.29. The second kappa shape index (κ2) is 5.05. The molecule has 3 N–H and O–H groups in total. The molecule has 106 valence electrons. The number of hydrogen-bond donors (Lipinski definition) is 2. The first-order valence-corrected chi connectivity index (χ1v) is 6.74. The number of hydrogen-bond acceptors (Lipinski definition) is 2. The van der Waals surface area contributed by atoms with E-state index in [1.54, 1.807) is 6.07 Å². The first-order valence-electron chi connectivity index (χ1n) is 6.74. The van der Waals surface area contributed by atoms with Crippen LogP contribution >= 0.6 is 0 Å². The Bertz CT molecular complexity index is 785. The molecule has 4 heteroatoms. The van der Waals surface area contributed by atoms with Crippen molar-refractivity contribution in [1.29, 1.82) is 0 Å². The number of nitrogens with zero attached hydrogens (tertiary/aromatic N) is 1. The van der Waals surface area contributed by atoms with Crippen LogP contribution in [-0.2, 0) is 0 Å². The van der Waals surface area contributed by atoms with Gasteiger partial charge in [0.25, 0.3) is 0 Å². The number of nitrogens with two attached hydrogens (primary N) is 1. The molecule has 0 atom stereocenters. The zero-order valence-electron chi connectivity index (χ0n) is 11.9. The highest BCUT2D eigenvalue weighted by Gasteiger charge is 2.17. The summed E-state index contributed by atoms with van der Waals surface area (Å²) in [4.78, 5) is 0. The molecule has 0 aliphatic rings. The van der Waals surface area contributed by atoms with Gasteiger partial charge >= 0.3 is 0 Å². The van der Waals surface area contributed by atoms with E-state index in [-0.39, 0.29) is 5.82 Å². The van der Waals surface area contributed by atoms with Gasteiger partial charge in [0.05, 0.1) is 11.3 Å². The number of aromatic amines is 1. The van der Waals surface area contributed by atoms with Crippen molar-refractivity contribution in [2.24, 2.45) is 0 Å². The Kier molecular flexibility index (Phi) is 3.22. The van der Waals surface area contributed by atoms with Crippen LogP contribution in [0.4, 0.5) is 10.2 Å². The third-order valence-electron chi connectivity index (χ3n) is 3.64. The number of anilines is 1. The van der Waals surface area contributed by atoms with E-state index < -0.39 is 0 Å². The van der Waals surface area contributed by atoms with E-state index in [1.807, 2.05) is 38.1 Å². The summed E-state index contributed by atoms with van der Waals surface area (Å²) in [6.45, 7) is 4.07. The monoisotopic (exact) mass is 281 g/mol. The quantitative estimate of drug-likeness (QED) is 0.743. The standard InChI is InChI=1S/C17H16FN3/c1-10-5-3-6-11(2)14(10)16-15(17(19)21-20-16)12-7-4-8-13(18)9-12/h3-9H,1-2H3,(H3,19,20,21). The number of aryl methyl sites for hydroxylation is 2. The molecule has 21 heavy (non-hydrogen) atoms. The molecular formula is C17H16FN3. The Morgan fingerprint density at radius 2 is 1.67 bits per heavy atom. The van der Waals surface area contributed by atoms with Crippen LogP contribution in [0.2, 0.25) is 0 Å². The van der Waals surface area contributed by atoms with Crippen LogP contribution in [0.1, 0.15) is 11.1 Å². The van der Waals surface area contributed by atoms with Crippen molar-refractivity contribution in [2.45, 2.75) is 13.8 Å². The Morgan fingerprint density at radius 3 is 2.33 bits per heavy atom. The lowest BCUT2D eigenvalue weighted by atomic mass is 9.94. The third-order valence-corrected chi connectivity index (χ3v) is 3.64. The van der Waals surface area contributed by atoms with Crippen LogP contribution in [0.3, 0.4) is 0 Å². The minimum absolute atomic E-state index is 0.291. The smallest absolute Gasteiger partial charge is 0.153 e. The van der Waals surface area contributed by atoms with Crippen molar-refractivity contribution >= 4 is 5.82 Å². The minimum atomic E-state index is -0.291. The number of nitrogens with one attached hydrogen (secondary N) is 1.